The Bertz CT molecular complexity index is 1060. The van der Waals surface area contributed by atoms with Crippen LogP contribution >= 0.6 is 34.8 Å². The predicted octanol–water partition coefficient (Wildman–Crippen LogP) is 5.87. The number of nitrogens with one attached hydrogen (secondary N) is 1. The monoisotopic (exact) mass is 467 g/mol. The molecule has 0 spiro atoms. The van der Waals surface area contributed by atoms with E-state index >= 15 is 0 Å². The van der Waals surface area contributed by atoms with Crippen molar-refractivity contribution >= 4 is 51.4 Å². The minimum atomic E-state index is 0.238. The molecule has 0 radical (unpaired) electrons. The van der Waals surface area contributed by atoms with E-state index in [4.69, 9.17) is 54.0 Å². The number of nitrogens with zero attached hydrogens (tertiary/aromatic N) is 2. The van der Waals surface area contributed by atoms with E-state index < -0.39 is 0 Å². The molecule has 1 aromatic carbocycles. The molecule has 0 atom stereocenters. The van der Waals surface area contributed by atoms with Crippen LogP contribution in [0.5, 0.6) is 11.5 Å². The Labute approximate surface area is 189 Å². The molecule has 0 saturated carbocycles. The van der Waals surface area contributed by atoms with Crippen LogP contribution in [0.25, 0.3) is 22.0 Å². The molecule has 3 aromatic rings. The summed E-state index contributed by atoms with van der Waals surface area (Å²) in [5, 5.41) is 6.36. The summed E-state index contributed by atoms with van der Waals surface area (Å²) in [5.41, 5.74) is 1.11. The first-order valence-electron chi connectivity index (χ1n) is 9.42. The number of fused-ring (bicyclic) bond motifs is 1. The van der Waals surface area contributed by atoms with Crippen molar-refractivity contribution in [3.05, 3.63) is 39.6 Å². The van der Waals surface area contributed by atoms with Crippen molar-refractivity contribution < 1.29 is 14.2 Å². The van der Waals surface area contributed by atoms with E-state index in [-0.39, 0.29) is 6.04 Å². The summed E-state index contributed by atoms with van der Waals surface area (Å²) < 4.78 is 16.3. The number of anilines is 1. The Hall–Kier alpha value is -1.99. The summed E-state index contributed by atoms with van der Waals surface area (Å²) in [6.07, 6.45) is 3.48. The highest BCUT2D eigenvalue weighted by Gasteiger charge is 2.22. The Morgan fingerprint density at radius 1 is 1.00 bits per heavy atom. The molecule has 1 N–H and O–H groups in total. The number of methoxy groups -OCH3 is 2. The number of halogens is 3. The van der Waals surface area contributed by atoms with Gasteiger partial charge in [0.25, 0.3) is 0 Å². The van der Waals surface area contributed by atoms with Gasteiger partial charge in [-0.25, -0.2) is 9.97 Å². The highest BCUT2D eigenvalue weighted by Crippen LogP contribution is 2.46. The van der Waals surface area contributed by atoms with Crippen molar-refractivity contribution in [2.75, 3.05) is 32.8 Å². The van der Waals surface area contributed by atoms with E-state index in [0.29, 0.717) is 57.0 Å². The molecule has 4 rings (SSSR count). The molecule has 0 aliphatic carbocycles. The quantitative estimate of drug-likeness (QED) is 0.473. The summed E-state index contributed by atoms with van der Waals surface area (Å²) in [5.74, 6) is 1.58. The van der Waals surface area contributed by atoms with Gasteiger partial charge in [0, 0.05) is 47.9 Å². The second-order valence-corrected chi connectivity index (χ2v) is 8.04. The second-order valence-electron chi connectivity index (χ2n) is 6.90. The van der Waals surface area contributed by atoms with Gasteiger partial charge in [-0.3, -0.25) is 0 Å². The van der Waals surface area contributed by atoms with E-state index in [1.54, 1.807) is 18.3 Å². The van der Waals surface area contributed by atoms with E-state index in [1.165, 1.54) is 14.2 Å². The van der Waals surface area contributed by atoms with Gasteiger partial charge in [-0.05, 0) is 25.0 Å². The molecule has 2 aromatic heterocycles. The van der Waals surface area contributed by atoms with Crippen molar-refractivity contribution in [2.24, 2.45) is 0 Å². The molecule has 0 unspecified atom stereocenters. The lowest BCUT2D eigenvalue weighted by atomic mass is 10.1. The molecule has 1 saturated heterocycles. The van der Waals surface area contributed by atoms with Crippen LogP contribution in [0.3, 0.4) is 0 Å². The van der Waals surface area contributed by atoms with E-state index in [2.05, 4.69) is 10.3 Å². The molecule has 30 heavy (non-hydrogen) atoms. The Kier molecular flexibility index (Phi) is 6.39. The first-order chi connectivity index (χ1) is 14.5. The van der Waals surface area contributed by atoms with E-state index in [9.17, 15) is 0 Å². The summed E-state index contributed by atoms with van der Waals surface area (Å²) in [4.78, 5) is 9.08. The molecule has 1 aliphatic rings. The minimum Gasteiger partial charge on any atom is -0.495 e. The molecular weight excluding hydrogens is 449 g/mol. The van der Waals surface area contributed by atoms with Gasteiger partial charge in [-0.2, -0.15) is 0 Å². The summed E-state index contributed by atoms with van der Waals surface area (Å²) in [7, 11) is 3.08. The zero-order valence-corrected chi connectivity index (χ0v) is 18.7. The van der Waals surface area contributed by atoms with Crippen molar-refractivity contribution in [3.63, 3.8) is 0 Å². The average molecular weight is 469 g/mol. The van der Waals surface area contributed by atoms with Crippen LogP contribution in [0.1, 0.15) is 12.8 Å². The maximum atomic E-state index is 6.62. The average Bonchev–Trinajstić information content (AvgIpc) is 2.75. The largest absolute Gasteiger partial charge is 0.495 e. The van der Waals surface area contributed by atoms with Crippen LogP contribution in [0.15, 0.2) is 24.4 Å². The summed E-state index contributed by atoms with van der Waals surface area (Å²) in [6, 6.07) is 5.56. The van der Waals surface area contributed by atoms with Crippen LogP contribution in [0.4, 0.5) is 5.82 Å². The Balaban J connectivity index is 1.91. The Morgan fingerprint density at radius 3 is 2.30 bits per heavy atom. The maximum absolute atomic E-state index is 6.62. The van der Waals surface area contributed by atoms with Gasteiger partial charge in [0.15, 0.2) is 0 Å². The zero-order valence-electron chi connectivity index (χ0n) is 16.5. The first kappa shape index (κ1) is 21.2. The second kappa shape index (κ2) is 9.02. The molecule has 0 amide bonds. The third kappa shape index (κ3) is 4.10. The zero-order chi connectivity index (χ0) is 21.3. The SMILES string of the molecule is COc1cc(OC)c(Cl)c(-c2cc3cnc(Cl)cc3c(NC3CCOCC3)n2)c1Cl. The van der Waals surface area contributed by atoms with Gasteiger partial charge in [0.2, 0.25) is 0 Å². The third-order valence-corrected chi connectivity index (χ3v) is 6.03. The number of rotatable bonds is 5. The molecule has 158 valence electrons. The number of hydrogen-bond acceptors (Lipinski definition) is 6. The Morgan fingerprint density at radius 2 is 1.67 bits per heavy atom. The van der Waals surface area contributed by atoms with Crippen LogP contribution in [-0.4, -0.2) is 43.4 Å². The molecule has 3 heterocycles. The first-order valence-corrected chi connectivity index (χ1v) is 10.6. The number of ether oxygens (including phenoxy) is 3. The molecule has 6 nitrogen and oxygen atoms in total. The summed E-state index contributed by atoms with van der Waals surface area (Å²) >= 11 is 19.4. The predicted molar refractivity (Wildman–Crippen MR) is 121 cm³/mol. The maximum Gasteiger partial charge on any atom is 0.141 e. The lowest BCUT2D eigenvalue weighted by molar-refractivity contribution is 0.0904. The molecule has 0 bridgehead atoms. The van der Waals surface area contributed by atoms with E-state index in [1.807, 2.05) is 6.07 Å². The van der Waals surface area contributed by atoms with Gasteiger partial charge in [-0.15, -0.1) is 0 Å². The fourth-order valence-corrected chi connectivity index (χ4v) is 4.36. The van der Waals surface area contributed by atoms with Crippen LogP contribution in [0.2, 0.25) is 15.2 Å². The number of pyridine rings is 2. The lowest BCUT2D eigenvalue weighted by Gasteiger charge is -2.25. The normalized spacial score (nSPS) is 14.7. The van der Waals surface area contributed by atoms with Gasteiger partial charge in [0.05, 0.1) is 30.0 Å². The van der Waals surface area contributed by atoms with Crippen LogP contribution < -0.4 is 14.8 Å². The third-order valence-electron chi connectivity index (χ3n) is 5.07. The minimum absolute atomic E-state index is 0.238. The standard InChI is InChI=1S/C21H20Cl3N3O3/c1-28-15-9-16(29-2)20(24)18(19(15)23)14-7-11-10-25-17(22)8-13(11)21(27-14)26-12-3-5-30-6-4-12/h7-10,12H,3-6H2,1-2H3,(H,26,27). The number of hydrogen-bond donors (Lipinski definition) is 1. The van der Waals surface area contributed by atoms with Crippen molar-refractivity contribution in [1.82, 2.24) is 9.97 Å². The van der Waals surface area contributed by atoms with Crippen LogP contribution in [0, 0.1) is 0 Å². The van der Waals surface area contributed by atoms with Gasteiger partial charge < -0.3 is 19.5 Å². The molecule has 1 fully saturated rings. The highest BCUT2D eigenvalue weighted by atomic mass is 35.5. The fourth-order valence-electron chi connectivity index (χ4n) is 3.50. The van der Waals surface area contributed by atoms with Crippen molar-refractivity contribution in [1.29, 1.82) is 0 Å². The highest BCUT2D eigenvalue weighted by molar-refractivity contribution is 6.41. The molecule has 9 heteroatoms. The smallest absolute Gasteiger partial charge is 0.141 e. The van der Waals surface area contributed by atoms with Crippen LogP contribution in [-0.2, 0) is 4.74 Å². The molecular formula is C21H20Cl3N3O3. The van der Waals surface area contributed by atoms with Gasteiger partial charge >= 0.3 is 0 Å². The van der Waals surface area contributed by atoms with E-state index in [0.717, 1.165) is 23.6 Å². The molecule has 1 aliphatic heterocycles. The number of aromatic nitrogens is 2. The topological polar surface area (TPSA) is 65.5 Å². The fraction of sp³-hybridized carbons (Fsp3) is 0.333. The number of benzene rings is 1. The van der Waals surface area contributed by atoms with Crippen molar-refractivity contribution in [2.45, 2.75) is 18.9 Å². The van der Waals surface area contributed by atoms with Gasteiger partial charge in [-0.1, -0.05) is 34.8 Å². The summed E-state index contributed by atoms with van der Waals surface area (Å²) in [6.45, 7) is 1.42. The lowest BCUT2D eigenvalue weighted by Crippen LogP contribution is -2.28. The van der Waals surface area contributed by atoms with Gasteiger partial charge in [0.1, 0.15) is 22.5 Å². The van der Waals surface area contributed by atoms with Crippen molar-refractivity contribution in [3.8, 4) is 22.8 Å².